The lowest BCUT2D eigenvalue weighted by molar-refractivity contribution is 0.669. The van der Waals surface area contributed by atoms with Gasteiger partial charge in [-0.05, 0) is 82.9 Å². The highest BCUT2D eigenvalue weighted by Gasteiger charge is 2.18. The van der Waals surface area contributed by atoms with Crippen molar-refractivity contribution < 1.29 is 4.42 Å². The minimum Gasteiger partial charge on any atom is -0.456 e. The number of benzene rings is 8. The highest BCUT2D eigenvalue weighted by atomic mass is 16.3. The average Bonchev–Trinajstić information content (AvgIpc) is 3.63. The Kier molecular flexibility index (Phi) is 7.77. The molecule has 0 aliphatic heterocycles. The van der Waals surface area contributed by atoms with Gasteiger partial charge in [0.25, 0.3) is 0 Å². The van der Waals surface area contributed by atoms with E-state index < -0.39 is 0 Å². The van der Waals surface area contributed by atoms with Crippen LogP contribution in [0.4, 0.5) is 17.1 Å². The Morgan fingerprint density at radius 1 is 0.370 bits per heavy atom. The fourth-order valence-corrected chi connectivity index (χ4v) is 7.47. The lowest BCUT2D eigenvalue weighted by atomic mass is 10.0. The fourth-order valence-electron chi connectivity index (χ4n) is 7.47. The van der Waals surface area contributed by atoms with Crippen molar-refractivity contribution in [2.45, 2.75) is 0 Å². The third kappa shape index (κ3) is 5.67. The first-order chi connectivity index (χ1) is 26.8. The molecule has 0 atom stereocenters. The normalized spacial score (nSPS) is 11.3. The maximum atomic E-state index is 6.53. The monoisotopic (exact) mass is 691 g/mol. The van der Waals surface area contributed by atoms with Crippen molar-refractivity contribution in [2.24, 2.45) is 0 Å². The van der Waals surface area contributed by atoms with Crippen LogP contribution in [-0.4, -0.2) is 9.97 Å². The summed E-state index contributed by atoms with van der Waals surface area (Å²) in [6.45, 7) is 0. The Morgan fingerprint density at radius 2 is 0.926 bits per heavy atom. The number of rotatable bonds is 7. The Bertz CT molecular complexity index is 2900. The summed E-state index contributed by atoms with van der Waals surface area (Å²) in [5, 5.41) is 3.08. The second kappa shape index (κ2) is 13.4. The molecule has 10 rings (SSSR count). The molecule has 0 bridgehead atoms. The van der Waals surface area contributed by atoms with E-state index in [-0.39, 0.29) is 0 Å². The predicted molar refractivity (Wildman–Crippen MR) is 223 cm³/mol. The first-order valence-corrected chi connectivity index (χ1v) is 18.2. The summed E-state index contributed by atoms with van der Waals surface area (Å²) in [7, 11) is 0. The smallest absolute Gasteiger partial charge is 0.161 e. The Balaban J connectivity index is 1.01. The summed E-state index contributed by atoms with van der Waals surface area (Å²) >= 11 is 0. The summed E-state index contributed by atoms with van der Waals surface area (Å²) in [4.78, 5) is 12.5. The van der Waals surface area contributed by atoms with Crippen LogP contribution in [0.3, 0.4) is 0 Å². The molecule has 0 fully saturated rings. The lowest BCUT2D eigenvalue weighted by Crippen LogP contribution is -2.09. The Morgan fingerprint density at radius 3 is 1.63 bits per heavy atom. The molecule has 0 saturated carbocycles. The van der Waals surface area contributed by atoms with Crippen molar-refractivity contribution in [1.82, 2.24) is 9.97 Å². The van der Waals surface area contributed by atoms with E-state index in [9.17, 15) is 0 Å². The van der Waals surface area contributed by atoms with Crippen LogP contribution in [0.25, 0.3) is 77.7 Å². The summed E-state index contributed by atoms with van der Waals surface area (Å²) in [5.41, 5.74) is 13.3. The number of hydrogen-bond acceptors (Lipinski definition) is 4. The summed E-state index contributed by atoms with van der Waals surface area (Å²) < 4.78 is 6.53. The van der Waals surface area contributed by atoms with E-state index in [1.54, 1.807) is 0 Å². The molecule has 0 saturated heterocycles. The highest BCUT2D eigenvalue weighted by Crippen LogP contribution is 2.40. The molecule has 54 heavy (non-hydrogen) atoms. The molecule has 2 aromatic heterocycles. The topological polar surface area (TPSA) is 42.2 Å². The zero-order chi connectivity index (χ0) is 35.8. The van der Waals surface area contributed by atoms with E-state index in [2.05, 4.69) is 157 Å². The number of nitrogens with zero attached hydrogens (tertiary/aromatic N) is 3. The summed E-state index contributed by atoms with van der Waals surface area (Å²) in [5.74, 6) is 0.679. The van der Waals surface area contributed by atoms with E-state index in [1.807, 2.05) is 48.5 Å². The molecule has 2 heterocycles. The third-order valence-corrected chi connectivity index (χ3v) is 10.1. The SMILES string of the molecule is c1ccc(-c2ccc(N(c3ccccc3)c3ccc(-c4ccc5c(c4)oc4cccc(-c6nc(-c7ccccc7)c7ccccc7n6)c45)cc3)cc2)cc1. The molecule has 8 aromatic carbocycles. The maximum Gasteiger partial charge on any atom is 0.161 e. The van der Waals surface area contributed by atoms with E-state index in [0.29, 0.717) is 5.82 Å². The highest BCUT2D eigenvalue weighted by molar-refractivity contribution is 6.13. The average molecular weight is 692 g/mol. The van der Waals surface area contributed by atoms with E-state index in [1.165, 1.54) is 11.1 Å². The van der Waals surface area contributed by atoms with Crippen LogP contribution in [-0.2, 0) is 0 Å². The Hall–Kier alpha value is -7.30. The van der Waals surface area contributed by atoms with Crippen LogP contribution < -0.4 is 4.90 Å². The van der Waals surface area contributed by atoms with Gasteiger partial charge in [0.2, 0.25) is 0 Å². The third-order valence-electron chi connectivity index (χ3n) is 10.1. The molecule has 0 aliphatic rings. The van der Waals surface area contributed by atoms with Gasteiger partial charge < -0.3 is 9.32 Å². The first-order valence-electron chi connectivity index (χ1n) is 18.2. The predicted octanol–water partition coefficient (Wildman–Crippen LogP) is 13.7. The van der Waals surface area contributed by atoms with Crippen molar-refractivity contribution in [3.63, 3.8) is 0 Å². The first kappa shape index (κ1) is 31.4. The number of fused-ring (bicyclic) bond motifs is 4. The number of aromatic nitrogens is 2. The molecular weight excluding hydrogens is 659 g/mol. The zero-order valence-electron chi connectivity index (χ0n) is 29.3. The molecule has 4 heteroatoms. The van der Waals surface area contributed by atoms with E-state index in [0.717, 1.165) is 77.9 Å². The Labute approximate surface area is 313 Å². The molecular formula is C50H33N3O. The molecule has 0 unspecified atom stereocenters. The minimum absolute atomic E-state index is 0.679. The van der Waals surface area contributed by atoms with Gasteiger partial charge >= 0.3 is 0 Å². The van der Waals surface area contributed by atoms with Crippen LogP contribution in [0, 0.1) is 0 Å². The van der Waals surface area contributed by atoms with E-state index >= 15 is 0 Å². The van der Waals surface area contributed by atoms with Crippen LogP contribution >= 0.6 is 0 Å². The molecule has 0 amide bonds. The van der Waals surface area contributed by atoms with Crippen molar-refractivity contribution in [1.29, 1.82) is 0 Å². The van der Waals surface area contributed by atoms with Gasteiger partial charge in [-0.3, -0.25) is 0 Å². The van der Waals surface area contributed by atoms with Gasteiger partial charge in [-0.2, -0.15) is 0 Å². The van der Waals surface area contributed by atoms with Crippen LogP contribution in [0.2, 0.25) is 0 Å². The maximum absolute atomic E-state index is 6.53. The van der Waals surface area contributed by atoms with E-state index in [4.69, 9.17) is 14.4 Å². The number of furan rings is 1. The van der Waals surface area contributed by atoms with Gasteiger partial charge in [-0.25, -0.2) is 9.97 Å². The zero-order valence-corrected chi connectivity index (χ0v) is 29.3. The molecule has 0 spiro atoms. The molecule has 0 aliphatic carbocycles. The van der Waals surface area contributed by atoms with Crippen molar-refractivity contribution in [3.05, 3.63) is 200 Å². The molecule has 254 valence electrons. The van der Waals surface area contributed by atoms with Crippen molar-refractivity contribution in [2.75, 3.05) is 4.90 Å². The summed E-state index contributed by atoms with van der Waals surface area (Å²) in [6, 6.07) is 69.7. The lowest BCUT2D eigenvalue weighted by Gasteiger charge is -2.26. The second-order valence-corrected chi connectivity index (χ2v) is 13.4. The van der Waals surface area contributed by atoms with Gasteiger partial charge in [0.15, 0.2) is 5.82 Å². The second-order valence-electron chi connectivity index (χ2n) is 13.4. The quantitative estimate of drug-likeness (QED) is 0.167. The molecule has 0 N–H and O–H groups in total. The fraction of sp³-hybridized carbons (Fsp3) is 0. The van der Waals surface area contributed by atoms with Crippen LogP contribution in [0.15, 0.2) is 205 Å². The van der Waals surface area contributed by atoms with Gasteiger partial charge in [-0.1, -0.05) is 140 Å². The van der Waals surface area contributed by atoms with Gasteiger partial charge in [0.1, 0.15) is 11.2 Å². The molecule has 4 nitrogen and oxygen atoms in total. The molecule has 10 aromatic rings. The van der Waals surface area contributed by atoms with Crippen LogP contribution in [0.1, 0.15) is 0 Å². The van der Waals surface area contributed by atoms with Crippen molar-refractivity contribution in [3.8, 4) is 44.9 Å². The van der Waals surface area contributed by atoms with Gasteiger partial charge in [-0.15, -0.1) is 0 Å². The van der Waals surface area contributed by atoms with Gasteiger partial charge in [0, 0.05) is 44.3 Å². The summed E-state index contributed by atoms with van der Waals surface area (Å²) in [6.07, 6.45) is 0. The van der Waals surface area contributed by atoms with Crippen molar-refractivity contribution >= 4 is 49.9 Å². The minimum atomic E-state index is 0.679. The molecule has 0 radical (unpaired) electrons. The largest absolute Gasteiger partial charge is 0.456 e. The van der Waals surface area contributed by atoms with Crippen LogP contribution in [0.5, 0.6) is 0 Å². The number of para-hydroxylation sites is 2. The standard InChI is InChI=1S/C50H33N3O/c1-4-13-34(14-5-1)35-23-28-40(29-24-35)53(39-17-8-3-9-18-39)41-30-25-36(26-31-41)38-27-32-43-47(33-38)54-46-22-12-20-44(48(43)46)50-51-45-21-11-10-19-42(45)49(52-50)37-15-6-2-7-16-37/h1-33H. The van der Waals surface area contributed by atoms with Gasteiger partial charge in [0.05, 0.1) is 11.2 Å². The number of anilines is 3. The number of hydrogen-bond donors (Lipinski definition) is 0.